The molecule has 0 radical (unpaired) electrons. The minimum Gasteiger partial charge on any atom is -0.492 e. The zero-order valence-corrected chi connectivity index (χ0v) is 12.4. The quantitative estimate of drug-likeness (QED) is 0.907. The summed E-state index contributed by atoms with van der Waals surface area (Å²) < 4.78 is 5.48. The van der Waals surface area contributed by atoms with Crippen molar-refractivity contribution in [3.05, 3.63) is 24.0 Å². The predicted octanol–water partition coefficient (Wildman–Crippen LogP) is 3.51. The molecule has 1 aliphatic rings. The molecular weight excluding hydrogens is 238 g/mol. The SMILES string of the molecule is CCOc1cncc(C2(O)CCC(C)(C)CC2C)c1. The van der Waals surface area contributed by atoms with Crippen molar-refractivity contribution in [3.63, 3.8) is 0 Å². The summed E-state index contributed by atoms with van der Waals surface area (Å²) in [5.41, 5.74) is 0.438. The number of rotatable bonds is 3. The Kier molecular flexibility index (Phi) is 3.86. The number of pyridine rings is 1. The van der Waals surface area contributed by atoms with Gasteiger partial charge < -0.3 is 9.84 Å². The third-order valence-electron chi connectivity index (χ3n) is 4.38. The van der Waals surface area contributed by atoms with Gasteiger partial charge in [-0.3, -0.25) is 4.98 Å². The van der Waals surface area contributed by atoms with Gasteiger partial charge in [0, 0.05) is 11.8 Å². The summed E-state index contributed by atoms with van der Waals surface area (Å²) in [5, 5.41) is 11.0. The molecule has 2 unspecified atom stereocenters. The van der Waals surface area contributed by atoms with Crippen molar-refractivity contribution < 1.29 is 9.84 Å². The average Bonchev–Trinajstić information content (AvgIpc) is 2.35. The van der Waals surface area contributed by atoms with Crippen LogP contribution in [0.25, 0.3) is 0 Å². The Balaban J connectivity index is 2.27. The first-order valence-corrected chi connectivity index (χ1v) is 7.18. The molecule has 0 bridgehead atoms. The molecule has 3 nitrogen and oxygen atoms in total. The predicted molar refractivity (Wildman–Crippen MR) is 76.1 cm³/mol. The van der Waals surface area contributed by atoms with Crippen molar-refractivity contribution in [1.29, 1.82) is 0 Å². The number of aromatic nitrogens is 1. The maximum absolute atomic E-state index is 11.0. The van der Waals surface area contributed by atoms with E-state index in [1.54, 1.807) is 12.4 Å². The zero-order valence-electron chi connectivity index (χ0n) is 12.4. The number of ether oxygens (including phenoxy) is 1. The van der Waals surface area contributed by atoms with Crippen LogP contribution in [0.4, 0.5) is 0 Å². The third-order valence-corrected chi connectivity index (χ3v) is 4.38. The number of aliphatic hydroxyl groups is 1. The van der Waals surface area contributed by atoms with Crippen LogP contribution in [-0.4, -0.2) is 16.7 Å². The fourth-order valence-electron chi connectivity index (χ4n) is 3.21. The van der Waals surface area contributed by atoms with Crippen molar-refractivity contribution >= 4 is 0 Å². The van der Waals surface area contributed by atoms with Gasteiger partial charge >= 0.3 is 0 Å². The molecule has 1 aromatic rings. The van der Waals surface area contributed by atoms with E-state index in [1.807, 2.05) is 13.0 Å². The van der Waals surface area contributed by atoms with Gasteiger partial charge in [-0.25, -0.2) is 0 Å². The second-order valence-electron chi connectivity index (χ2n) is 6.54. The molecule has 2 atom stereocenters. The molecule has 2 rings (SSSR count). The molecule has 0 aromatic carbocycles. The highest BCUT2D eigenvalue weighted by molar-refractivity contribution is 5.29. The summed E-state index contributed by atoms with van der Waals surface area (Å²) in [6, 6.07) is 1.94. The van der Waals surface area contributed by atoms with Gasteiger partial charge in [0.2, 0.25) is 0 Å². The van der Waals surface area contributed by atoms with E-state index in [1.165, 1.54) is 0 Å². The molecule has 0 spiro atoms. The lowest BCUT2D eigenvalue weighted by Crippen LogP contribution is -2.41. The van der Waals surface area contributed by atoms with Crippen LogP contribution in [0.1, 0.15) is 52.5 Å². The van der Waals surface area contributed by atoms with Crippen LogP contribution in [0.2, 0.25) is 0 Å². The number of hydrogen-bond donors (Lipinski definition) is 1. The first-order chi connectivity index (χ1) is 8.87. The molecule has 0 saturated heterocycles. The van der Waals surface area contributed by atoms with Crippen molar-refractivity contribution in [3.8, 4) is 5.75 Å². The Bertz CT molecular complexity index is 444. The van der Waals surface area contributed by atoms with Crippen LogP contribution in [-0.2, 0) is 5.60 Å². The fourth-order valence-corrected chi connectivity index (χ4v) is 3.21. The van der Waals surface area contributed by atoms with E-state index in [2.05, 4.69) is 25.8 Å². The Hall–Kier alpha value is -1.09. The van der Waals surface area contributed by atoms with Gasteiger partial charge in [-0.05, 0) is 43.6 Å². The normalized spacial score (nSPS) is 30.1. The lowest BCUT2D eigenvalue weighted by atomic mass is 9.63. The molecule has 1 aromatic heterocycles. The highest BCUT2D eigenvalue weighted by Crippen LogP contribution is 2.48. The smallest absolute Gasteiger partial charge is 0.137 e. The Morgan fingerprint density at radius 3 is 2.74 bits per heavy atom. The van der Waals surface area contributed by atoms with Gasteiger partial charge in [-0.15, -0.1) is 0 Å². The standard InChI is InChI=1S/C16H25NO2/c1-5-19-14-8-13(10-17-11-14)16(18)7-6-15(3,4)9-12(16)2/h8,10-12,18H,5-7,9H2,1-4H3. The molecule has 106 valence electrons. The summed E-state index contributed by atoms with van der Waals surface area (Å²) in [6.07, 6.45) is 6.33. The topological polar surface area (TPSA) is 42.4 Å². The lowest BCUT2D eigenvalue weighted by molar-refractivity contribution is -0.0773. The van der Waals surface area contributed by atoms with Crippen molar-refractivity contribution in [2.45, 2.75) is 52.6 Å². The van der Waals surface area contributed by atoms with Gasteiger partial charge in [0.1, 0.15) is 5.75 Å². The van der Waals surface area contributed by atoms with E-state index in [4.69, 9.17) is 4.74 Å². The molecule has 0 amide bonds. The first kappa shape index (κ1) is 14.3. The van der Waals surface area contributed by atoms with Gasteiger partial charge in [-0.2, -0.15) is 0 Å². The van der Waals surface area contributed by atoms with Gasteiger partial charge in [-0.1, -0.05) is 20.8 Å². The van der Waals surface area contributed by atoms with E-state index in [0.717, 1.165) is 30.6 Å². The van der Waals surface area contributed by atoms with E-state index >= 15 is 0 Å². The second-order valence-corrected chi connectivity index (χ2v) is 6.54. The maximum atomic E-state index is 11.0. The highest BCUT2D eigenvalue weighted by Gasteiger charge is 2.43. The van der Waals surface area contributed by atoms with Crippen LogP contribution in [0.15, 0.2) is 18.5 Å². The summed E-state index contributed by atoms with van der Waals surface area (Å²) in [6.45, 7) is 9.25. The molecule has 1 fully saturated rings. The van der Waals surface area contributed by atoms with Crippen molar-refractivity contribution in [2.24, 2.45) is 11.3 Å². The zero-order chi connectivity index (χ0) is 14.1. The maximum Gasteiger partial charge on any atom is 0.137 e. The number of hydrogen-bond acceptors (Lipinski definition) is 3. The molecule has 1 N–H and O–H groups in total. The van der Waals surface area contributed by atoms with E-state index < -0.39 is 5.60 Å². The van der Waals surface area contributed by atoms with Crippen LogP contribution in [0.3, 0.4) is 0 Å². The third kappa shape index (κ3) is 2.92. The fraction of sp³-hybridized carbons (Fsp3) is 0.688. The molecular formula is C16H25NO2. The molecule has 1 aliphatic carbocycles. The van der Waals surface area contributed by atoms with E-state index in [-0.39, 0.29) is 5.92 Å². The minimum absolute atomic E-state index is 0.231. The largest absolute Gasteiger partial charge is 0.492 e. The Labute approximate surface area is 116 Å². The van der Waals surface area contributed by atoms with Crippen LogP contribution >= 0.6 is 0 Å². The van der Waals surface area contributed by atoms with Gasteiger partial charge in [0.25, 0.3) is 0 Å². The minimum atomic E-state index is -0.768. The van der Waals surface area contributed by atoms with Crippen molar-refractivity contribution in [1.82, 2.24) is 4.98 Å². The Morgan fingerprint density at radius 2 is 2.11 bits per heavy atom. The van der Waals surface area contributed by atoms with Gasteiger partial charge in [0.05, 0.1) is 18.4 Å². The summed E-state index contributed by atoms with van der Waals surface area (Å²) in [4.78, 5) is 4.21. The molecule has 1 saturated carbocycles. The van der Waals surface area contributed by atoms with Gasteiger partial charge in [0.15, 0.2) is 0 Å². The lowest BCUT2D eigenvalue weighted by Gasteiger charge is -2.45. The summed E-state index contributed by atoms with van der Waals surface area (Å²) >= 11 is 0. The molecule has 1 heterocycles. The number of nitrogens with zero attached hydrogens (tertiary/aromatic N) is 1. The van der Waals surface area contributed by atoms with E-state index in [9.17, 15) is 5.11 Å². The Morgan fingerprint density at radius 1 is 1.37 bits per heavy atom. The second kappa shape index (κ2) is 5.12. The highest BCUT2D eigenvalue weighted by atomic mass is 16.5. The summed E-state index contributed by atoms with van der Waals surface area (Å²) in [5.74, 6) is 0.973. The monoisotopic (exact) mass is 263 g/mol. The first-order valence-electron chi connectivity index (χ1n) is 7.18. The average molecular weight is 263 g/mol. The van der Waals surface area contributed by atoms with Crippen LogP contribution < -0.4 is 4.74 Å². The molecule has 19 heavy (non-hydrogen) atoms. The van der Waals surface area contributed by atoms with Crippen LogP contribution in [0, 0.1) is 11.3 Å². The van der Waals surface area contributed by atoms with E-state index in [0.29, 0.717) is 12.0 Å². The molecule has 0 aliphatic heterocycles. The summed E-state index contributed by atoms with van der Waals surface area (Å²) in [7, 11) is 0. The molecule has 3 heteroatoms. The van der Waals surface area contributed by atoms with Crippen molar-refractivity contribution in [2.75, 3.05) is 6.61 Å². The van der Waals surface area contributed by atoms with Crippen LogP contribution in [0.5, 0.6) is 5.75 Å².